The average Bonchev–Trinajstić information content (AvgIpc) is 2.79. The lowest BCUT2D eigenvalue weighted by atomic mass is 10.2. The van der Waals surface area contributed by atoms with Crippen LogP contribution in [0.15, 0.2) is 53.4 Å². The molecule has 9 nitrogen and oxygen atoms in total. The monoisotopic (exact) mass is 490 g/mol. The second-order valence-electron chi connectivity index (χ2n) is 7.25. The number of fused-ring (bicyclic) bond motifs is 1. The van der Waals surface area contributed by atoms with E-state index in [0.717, 1.165) is 0 Å². The zero-order valence-corrected chi connectivity index (χ0v) is 19.7. The van der Waals surface area contributed by atoms with Gasteiger partial charge in [-0.2, -0.15) is 9.97 Å². The van der Waals surface area contributed by atoms with Crippen LogP contribution < -0.4 is 23.8 Å². The Hall–Kier alpha value is -3.24. The van der Waals surface area contributed by atoms with Gasteiger partial charge in [0.05, 0.1) is 11.4 Å². The van der Waals surface area contributed by atoms with E-state index in [1.807, 2.05) is 42.3 Å². The van der Waals surface area contributed by atoms with E-state index in [0.29, 0.717) is 35.3 Å². The predicted octanol–water partition coefficient (Wildman–Crippen LogP) is 3.53. The van der Waals surface area contributed by atoms with E-state index in [2.05, 4.69) is 14.7 Å². The predicted molar refractivity (Wildman–Crippen MR) is 125 cm³/mol. The Morgan fingerprint density at radius 2 is 1.85 bits per heavy atom. The highest BCUT2D eigenvalue weighted by atomic mass is 35.5. The van der Waals surface area contributed by atoms with Crippen LogP contribution >= 0.6 is 11.6 Å². The minimum absolute atomic E-state index is 0.0195. The van der Waals surface area contributed by atoms with Gasteiger partial charge in [0, 0.05) is 12.1 Å². The van der Waals surface area contributed by atoms with Crippen LogP contribution in [0.2, 0.25) is 5.02 Å². The lowest BCUT2D eigenvalue weighted by molar-refractivity contribution is 0.211. The summed E-state index contributed by atoms with van der Waals surface area (Å²) < 4.78 is 45.7. The fourth-order valence-corrected chi connectivity index (χ4v) is 4.67. The van der Waals surface area contributed by atoms with E-state index in [1.165, 1.54) is 6.07 Å². The Balaban J connectivity index is 1.59. The lowest BCUT2D eigenvalue weighted by Crippen LogP contribution is -2.31. The number of hydrogen-bond donors (Lipinski definition) is 1. The highest BCUT2D eigenvalue weighted by Crippen LogP contribution is 2.34. The van der Waals surface area contributed by atoms with Gasteiger partial charge in [-0.05, 0) is 36.8 Å². The molecule has 0 radical (unpaired) electrons. The fourth-order valence-electron chi connectivity index (χ4n) is 3.17. The summed E-state index contributed by atoms with van der Waals surface area (Å²) in [7, 11) is -2.18. The van der Waals surface area contributed by atoms with Crippen molar-refractivity contribution in [2.75, 3.05) is 43.0 Å². The number of aromatic nitrogens is 2. The van der Waals surface area contributed by atoms with Gasteiger partial charge in [0.2, 0.25) is 5.82 Å². The third-order valence-corrected chi connectivity index (χ3v) is 6.81. The maximum Gasteiger partial charge on any atom is 0.263 e. The van der Waals surface area contributed by atoms with E-state index in [-0.39, 0.29) is 35.7 Å². The Bertz CT molecular complexity index is 1240. The summed E-state index contributed by atoms with van der Waals surface area (Å²) in [6.07, 6.45) is 0. The lowest BCUT2D eigenvalue weighted by Gasteiger charge is -2.26. The maximum atomic E-state index is 13.1. The molecule has 3 aromatic rings. The molecule has 0 bridgehead atoms. The average molecular weight is 491 g/mol. The number of sulfonamides is 1. The van der Waals surface area contributed by atoms with Crippen molar-refractivity contribution >= 4 is 33.3 Å². The van der Waals surface area contributed by atoms with Crippen molar-refractivity contribution in [2.45, 2.75) is 11.8 Å². The molecule has 2 aromatic carbocycles. The van der Waals surface area contributed by atoms with Gasteiger partial charge in [0.25, 0.3) is 21.8 Å². The van der Waals surface area contributed by atoms with Gasteiger partial charge >= 0.3 is 0 Å². The zero-order valence-electron chi connectivity index (χ0n) is 18.1. The van der Waals surface area contributed by atoms with Gasteiger partial charge in [0.1, 0.15) is 25.6 Å². The quantitative estimate of drug-likeness (QED) is 0.478. The summed E-state index contributed by atoms with van der Waals surface area (Å²) in [5.74, 6) is 1.32. The molecular formula is C22H23ClN4O5S. The van der Waals surface area contributed by atoms with Crippen molar-refractivity contribution in [3.8, 4) is 17.5 Å². The standard InChI is InChI=1S/C22H23ClN4O5S/c1-15-17(23)9-6-10-18(15)33(28,29)26-19-21(25-20-22(24-19)31-12-11-27(20)2)32-14-13-30-16-7-4-3-5-8-16/h3-10H,11-14H2,1-2H3,(H,24,26). The number of hydrogen-bond acceptors (Lipinski definition) is 8. The first kappa shape index (κ1) is 22.9. The number of nitrogens with zero attached hydrogens (tertiary/aromatic N) is 3. The van der Waals surface area contributed by atoms with E-state index in [9.17, 15) is 8.42 Å². The Kier molecular flexibility index (Phi) is 6.75. The SMILES string of the molecule is Cc1c(Cl)cccc1S(=O)(=O)Nc1nc2c(nc1OCCOc1ccccc1)N(C)CCO2. The molecule has 1 aliphatic rings. The van der Waals surface area contributed by atoms with Crippen molar-refractivity contribution in [3.05, 3.63) is 59.1 Å². The number of anilines is 2. The van der Waals surface area contributed by atoms with Crippen molar-refractivity contribution in [1.29, 1.82) is 0 Å². The minimum Gasteiger partial charge on any atom is -0.490 e. The molecule has 0 aliphatic carbocycles. The third kappa shape index (κ3) is 5.23. The topological polar surface area (TPSA) is 103 Å². The second-order valence-corrected chi connectivity index (χ2v) is 9.31. The molecule has 1 aliphatic heterocycles. The fraction of sp³-hybridized carbons (Fsp3) is 0.273. The molecule has 2 heterocycles. The number of para-hydroxylation sites is 1. The number of rotatable bonds is 8. The highest BCUT2D eigenvalue weighted by molar-refractivity contribution is 7.92. The van der Waals surface area contributed by atoms with Crippen LogP contribution in [-0.4, -0.2) is 51.8 Å². The van der Waals surface area contributed by atoms with Gasteiger partial charge in [0.15, 0.2) is 5.82 Å². The Morgan fingerprint density at radius 1 is 1.09 bits per heavy atom. The molecule has 0 unspecified atom stereocenters. The van der Waals surface area contributed by atoms with Gasteiger partial charge in [-0.3, -0.25) is 4.72 Å². The molecule has 1 N–H and O–H groups in total. The highest BCUT2D eigenvalue weighted by Gasteiger charge is 2.26. The molecule has 1 aromatic heterocycles. The first-order chi connectivity index (χ1) is 15.8. The summed E-state index contributed by atoms with van der Waals surface area (Å²) in [6.45, 7) is 3.01. The van der Waals surface area contributed by atoms with Crippen molar-refractivity contribution < 1.29 is 22.6 Å². The Labute approximate surface area is 197 Å². The number of halogens is 1. The molecule has 0 atom stereocenters. The van der Waals surface area contributed by atoms with Crippen molar-refractivity contribution in [2.24, 2.45) is 0 Å². The summed E-state index contributed by atoms with van der Waals surface area (Å²) in [4.78, 5) is 10.7. The van der Waals surface area contributed by atoms with Gasteiger partial charge in [-0.1, -0.05) is 35.9 Å². The molecular weight excluding hydrogens is 468 g/mol. The molecule has 0 saturated heterocycles. The minimum atomic E-state index is -4.02. The maximum absolute atomic E-state index is 13.1. The van der Waals surface area contributed by atoms with E-state index < -0.39 is 10.0 Å². The second kappa shape index (κ2) is 9.72. The first-order valence-corrected chi connectivity index (χ1v) is 12.1. The Morgan fingerprint density at radius 3 is 2.64 bits per heavy atom. The molecule has 4 rings (SSSR count). The number of ether oxygens (including phenoxy) is 3. The largest absolute Gasteiger partial charge is 0.490 e. The van der Waals surface area contributed by atoms with Crippen molar-refractivity contribution in [3.63, 3.8) is 0 Å². The number of likely N-dealkylation sites (N-methyl/N-ethyl adjacent to an activating group) is 1. The van der Waals surface area contributed by atoms with Gasteiger partial charge < -0.3 is 19.1 Å². The van der Waals surface area contributed by atoms with Crippen LogP contribution in [0.3, 0.4) is 0 Å². The van der Waals surface area contributed by atoms with E-state index >= 15 is 0 Å². The van der Waals surface area contributed by atoms with Gasteiger partial charge in [-0.25, -0.2) is 8.42 Å². The van der Waals surface area contributed by atoms with E-state index in [1.54, 1.807) is 19.1 Å². The molecule has 174 valence electrons. The molecule has 11 heteroatoms. The summed E-state index contributed by atoms with van der Waals surface area (Å²) >= 11 is 6.12. The van der Waals surface area contributed by atoms with Gasteiger partial charge in [-0.15, -0.1) is 0 Å². The van der Waals surface area contributed by atoms with Crippen LogP contribution in [0.4, 0.5) is 11.6 Å². The smallest absolute Gasteiger partial charge is 0.263 e. The summed E-state index contributed by atoms with van der Waals surface area (Å²) in [5, 5.41) is 0.342. The molecule has 33 heavy (non-hydrogen) atoms. The number of benzene rings is 2. The first-order valence-electron chi connectivity index (χ1n) is 10.2. The van der Waals surface area contributed by atoms with Crippen LogP contribution in [0.1, 0.15) is 5.56 Å². The molecule has 0 spiro atoms. The summed E-state index contributed by atoms with van der Waals surface area (Å²) in [5.41, 5.74) is 0.423. The van der Waals surface area contributed by atoms with Crippen molar-refractivity contribution in [1.82, 2.24) is 9.97 Å². The molecule has 0 fully saturated rings. The number of nitrogens with one attached hydrogen (secondary N) is 1. The molecule has 0 amide bonds. The normalized spacial score (nSPS) is 13.1. The zero-order chi connectivity index (χ0) is 23.4. The van der Waals surface area contributed by atoms with Crippen LogP contribution in [0, 0.1) is 6.92 Å². The van der Waals surface area contributed by atoms with Crippen LogP contribution in [0.5, 0.6) is 17.5 Å². The van der Waals surface area contributed by atoms with E-state index in [4.69, 9.17) is 25.8 Å². The summed E-state index contributed by atoms with van der Waals surface area (Å²) in [6, 6.07) is 13.9. The molecule has 0 saturated carbocycles. The van der Waals surface area contributed by atoms with Crippen LogP contribution in [-0.2, 0) is 10.0 Å². The van der Waals surface area contributed by atoms with Crippen LogP contribution in [0.25, 0.3) is 0 Å². The third-order valence-electron chi connectivity index (χ3n) is 4.91.